The molecule has 7 heteroatoms. The summed E-state index contributed by atoms with van der Waals surface area (Å²) in [6.45, 7) is 3.84. The first-order chi connectivity index (χ1) is 12.5. The van der Waals surface area contributed by atoms with Gasteiger partial charge in [0.05, 0.1) is 19.3 Å². The summed E-state index contributed by atoms with van der Waals surface area (Å²) in [6, 6.07) is 7.16. The van der Waals surface area contributed by atoms with Gasteiger partial charge in [-0.2, -0.15) is 0 Å². The average Bonchev–Trinajstić information content (AvgIpc) is 3.08. The minimum absolute atomic E-state index is 0.0722. The zero-order valence-electron chi connectivity index (χ0n) is 14.9. The molecule has 0 saturated heterocycles. The Labute approximate surface area is 158 Å². The molecule has 0 spiro atoms. The van der Waals surface area contributed by atoms with Gasteiger partial charge >= 0.3 is 12.2 Å². The molecule has 0 aliphatic heterocycles. The van der Waals surface area contributed by atoms with E-state index in [4.69, 9.17) is 21.1 Å². The molecule has 0 radical (unpaired) electrons. The van der Waals surface area contributed by atoms with Crippen LogP contribution in [-0.2, 0) is 9.47 Å². The molecule has 0 heterocycles. The molecule has 6 nitrogen and oxygen atoms in total. The lowest BCUT2D eigenvalue weighted by molar-refractivity contribution is 0.0521. The van der Waals surface area contributed by atoms with E-state index in [1.807, 2.05) is 48.6 Å². The fourth-order valence-corrected chi connectivity index (χ4v) is 2.77. The van der Waals surface area contributed by atoms with Crippen molar-refractivity contribution in [2.75, 3.05) is 13.2 Å². The molecule has 2 atom stereocenters. The molecular weight excluding hydrogens is 356 g/mol. The predicted octanol–water partition coefficient (Wildman–Crippen LogP) is 4.42. The highest BCUT2D eigenvalue weighted by atomic mass is 35.5. The molecule has 1 aliphatic rings. The molecule has 0 fully saturated rings. The van der Waals surface area contributed by atoms with Crippen LogP contribution in [0.2, 0.25) is 5.02 Å². The van der Waals surface area contributed by atoms with Crippen molar-refractivity contribution in [3.8, 4) is 0 Å². The van der Waals surface area contributed by atoms with Gasteiger partial charge in [-0.3, -0.25) is 0 Å². The smallest absolute Gasteiger partial charge is 0.429 e. The fourth-order valence-electron chi connectivity index (χ4n) is 2.65. The van der Waals surface area contributed by atoms with Gasteiger partial charge in [0, 0.05) is 10.9 Å². The largest absolute Gasteiger partial charge is 0.449 e. The maximum Gasteiger partial charge on any atom is 0.429 e. The monoisotopic (exact) mass is 378 g/mol. The normalized spacial score (nSPS) is 18.7. The van der Waals surface area contributed by atoms with Crippen LogP contribution in [0.25, 0.3) is 6.08 Å². The van der Waals surface area contributed by atoms with Crippen LogP contribution < -0.4 is 5.43 Å². The third-order valence-electron chi connectivity index (χ3n) is 3.84. The number of nitrogens with one attached hydrogen (secondary N) is 1. The van der Waals surface area contributed by atoms with E-state index >= 15 is 0 Å². The molecule has 0 unspecified atom stereocenters. The number of hydrazine groups is 1. The minimum Gasteiger partial charge on any atom is -0.449 e. The van der Waals surface area contributed by atoms with Crippen molar-refractivity contribution in [3.05, 3.63) is 53.1 Å². The van der Waals surface area contributed by atoms with Crippen LogP contribution in [0.4, 0.5) is 9.59 Å². The van der Waals surface area contributed by atoms with Gasteiger partial charge in [0.2, 0.25) is 0 Å². The maximum absolute atomic E-state index is 12.3. The van der Waals surface area contributed by atoms with Gasteiger partial charge in [-0.25, -0.2) is 20.0 Å². The molecule has 140 valence electrons. The van der Waals surface area contributed by atoms with E-state index in [0.29, 0.717) is 11.4 Å². The number of benzene rings is 1. The zero-order chi connectivity index (χ0) is 18.9. The number of halogens is 1. The predicted molar refractivity (Wildman–Crippen MR) is 101 cm³/mol. The number of nitrogens with zero attached hydrogens (tertiary/aromatic N) is 1. The van der Waals surface area contributed by atoms with Crippen LogP contribution in [0.5, 0.6) is 0 Å². The number of carbonyl (C=O) groups is 2. The van der Waals surface area contributed by atoms with Crippen molar-refractivity contribution in [1.29, 1.82) is 0 Å². The third kappa shape index (κ3) is 5.52. The quantitative estimate of drug-likeness (QED) is 0.608. The van der Waals surface area contributed by atoms with E-state index in [1.54, 1.807) is 13.8 Å². The van der Waals surface area contributed by atoms with Gasteiger partial charge in [-0.05, 0) is 38.0 Å². The lowest BCUT2D eigenvalue weighted by atomic mass is 10.0. The van der Waals surface area contributed by atoms with Crippen LogP contribution in [0.3, 0.4) is 0 Å². The van der Waals surface area contributed by atoms with Crippen LogP contribution >= 0.6 is 11.6 Å². The highest BCUT2D eigenvalue weighted by Crippen LogP contribution is 2.26. The Hall–Kier alpha value is -2.47. The van der Waals surface area contributed by atoms with E-state index in [-0.39, 0.29) is 25.2 Å². The molecule has 0 saturated carbocycles. The van der Waals surface area contributed by atoms with Crippen molar-refractivity contribution in [2.45, 2.75) is 26.3 Å². The van der Waals surface area contributed by atoms with E-state index in [2.05, 4.69) is 5.43 Å². The molecule has 2 amide bonds. The SMILES string of the molecule is CCOC(=O)NN(C(=O)OCC)[C@@H]1CC=C[C@H]1/C=C/c1ccc(Cl)cc1. The maximum atomic E-state index is 12.3. The zero-order valence-corrected chi connectivity index (χ0v) is 15.6. The molecule has 26 heavy (non-hydrogen) atoms. The summed E-state index contributed by atoms with van der Waals surface area (Å²) in [5.41, 5.74) is 3.48. The second-order valence-electron chi connectivity index (χ2n) is 5.62. The van der Waals surface area contributed by atoms with Crippen LogP contribution in [0.15, 0.2) is 42.5 Å². The average molecular weight is 379 g/mol. The molecule has 2 rings (SSSR count). The van der Waals surface area contributed by atoms with Crippen molar-refractivity contribution in [3.63, 3.8) is 0 Å². The molecule has 1 aromatic rings. The van der Waals surface area contributed by atoms with Crippen molar-refractivity contribution >= 4 is 29.9 Å². The first kappa shape index (κ1) is 19.8. The number of carbonyl (C=O) groups excluding carboxylic acids is 2. The Balaban J connectivity index is 2.13. The Kier molecular flexibility index (Phi) is 7.53. The van der Waals surface area contributed by atoms with Gasteiger partial charge in [-0.1, -0.05) is 48.0 Å². The van der Waals surface area contributed by atoms with Gasteiger partial charge in [-0.15, -0.1) is 0 Å². The van der Waals surface area contributed by atoms with Crippen LogP contribution in [0, 0.1) is 5.92 Å². The standard InChI is InChI=1S/C19H23ClN2O4/c1-3-25-18(23)21-22(19(24)26-4-2)17-7-5-6-15(17)11-8-14-9-12-16(20)13-10-14/h5-6,8-13,15,17H,3-4,7H2,1-2H3,(H,21,23)/b11-8+/t15-,17+/m0/s1. The Bertz CT molecular complexity index is 673. The van der Waals surface area contributed by atoms with Crippen LogP contribution in [-0.4, -0.2) is 36.5 Å². The van der Waals surface area contributed by atoms with Gasteiger partial charge < -0.3 is 9.47 Å². The summed E-state index contributed by atoms with van der Waals surface area (Å²) in [7, 11) is 0. The summed E-state index contributed by atoms with van der Waals surface area (Å²) in [6.07, 6.45) is 7.21. The summed E-state index contributed by atoms with van der Waals surface area (Å²) in [5, 5.41) is 1.88. The van der Waals surface area contributed by atoms with Crippen molar-refractivity contribution < 1.29 is 19.1 Å². The summed E-state index contributed by atoms with van der Waals surface area (Å²) >= 11 is 5.90. The second kappa shape index (κ2) is 9.87. The highest BCUT2D eigenvalue weighted by molar-refractivity contribution is 6.30. The lowest BCUT2D eigenvalue weighted by Gasteiger charge is -2.30. The third-order valence-corrected chi connectivity index (χ3v) is 4.10. The first-order valence-electron chi connectivity index (χ1n) is 8.55. The van der Waals surface area contributed by atoms with E-state index in [0.717, 1.165) is 5.56 Å². The van der Waals surface area contributed by atoms with E-state index < -0.39 is 12.2 Å². The van der Waals surface area contributed by atoms with Crippen molar-refractivity contribution in [1.82, 2.24) is 10.4 Å². The van der Waals surface area contributed by atoms with Gasteiger partial charge in [0.15, 0.2) is 0 Å². The molecule has 0 aromatic heterocycles. The Morgan fingerprint density at radius 2 is 1.92 bits per heavy atom. The molecule has 1 aliphatic carbocycles. The van der Waals surface area contributed by atoms with Gasteiger partial charge in [0.25, 0.3) is 0 Å². The van der Waals surface area contributed by atoms with E-state index in [1.165, 1.54) is 5.01 Å². The summed E-state index contributed by atoms with van der Waals surface area (Å²) < 4.78 is 9.96. The van der Waals surface area contributed by atoms with E-state index in [9.17, 15) is 9.59 Å². The first-order valence-corrected chi connectivity index (χ1v) is 8.92. The molecule has 1 N–H and O–H groups in total. The summed E-state index contributed by atoms with van der Waals surface area (Å²) in [4.78, 5) is 24.1. The fraction of sp³-hybridized carbons (Fsp3) is 0.368. The highest BCUT2D eigenvalue weighted by Gasteiger charge is 2.33. The number of hydrogen-bond donors (Lipinski definition) is 1. The van der Waals surface area contributed by atoms with Crippen LogP contribution in [0.1, 0.15) is 25.8 Å². The van der Waals surface area contributed by atoms with Gasteiger partial charge in [0.1, 0.15) is 0 Å². The molecule has 0 bridgehead atoms. The van der Waals surface area contributed by atoms with Crippen molar-refractivity contribution in [2.24, 2.45) is 5.92 Å². The lowest BCUT2D eigenvalue weighted by Crippen LogP contribution is -2.53. The number of hydrogen-bond acceptors (Lipinski definition) is 4. The second-order valence-corrected chi connectivity index (χ2v) is 6.06. The number of ether oxygens (including phenoxy) is 2. The summed E-state index contributed by atoms with van der Waals surface area (Å²) in [5.74, 6) is -0.0722. The topological polar surface area (TPSA) is 67.9 Å². The number of rotatable bonds is 5. The molecule has 1 aromatic carbocycles. The minimum atomic E-state index is -0.687. The molecular formula is C19H23ClN2O4. The Morgan fingerprint density at radius 3 is 2.58 bits per heavy atom. The Morgan fingerprint density at radius 1 is 1.23 bits per heavy atom. The number of amides is 2.